The van der Waals surface area contributed by atoms with Crippen molar-refractivity contribution < 1.29 is 0 Å². The van der Waals surface area contributed by atoms with E-state index in [2.05, 4.69) is 48.5 Å². The summed E-state index contributed by atoms with van der Waals surface area (Å²) < 4.78 is 0. The fourth-order valence-corrected chi connectivity index (χ4v) is 3.67. The summed E-state index contributed by atoms with van der Waals surface area (Å²) in [5.74, 6) is 0.988. The Morgan fingerprint density at radius 3 is 2.11 bits per heavy atom. The van der Waals surface area contributed by atoms with Gasteiger partial charge in [-0.1, -0.05) is 34.6 Å². The minimum atomic E-state index is -0.305. The molecule has 0 amide bonds. The maximum atomic E-state index is 6.29. The molecule has 18 heavy (non-hydrogen) atoms. The normalized spacial score (nSPS) is 13.4. The van der Waals surface area contributed by atoms with Crippen molar-refractivity contribution in [2.75, 3.05) is 0 Å². The molecule has 2 nitrogen and oxygen atoms in total. The van der Waals surface area contributed by atoms with E-state index < -0.39 is 0 Å². The van der Waals surface area contributed by atoms with Crippen molar-refractivity contribution in [3.63, 3.8) is 0 Å². The molecule has 0 fully saturated rings. The number of thioether (sulfide) groups is 1. The summed E-state index contributed by atoms with van der Waals surface area (Å²) in [6.07, 6.45) is 0. The first-order valence-corrected chi connectivity index (χ1v) is 8.29. The molecule has 0 bridgehead atoms. The number of nitrogens with zero attached hydrogens (tertiary/aromatic N) is 1. The average molecular weight is 287 g/mol. The Morgan fingerprint density at radius 1 is 1.22 bits per heavy atom. The van der Waals surface area contributed by atoms with Crippen LogP contribution in [0, 0.1) is 0 Å². The first kappa shape index (κ1) is 16.0. The Morgan fingerprint density at radius 2 is 1.78 bits per heavy atom. The Kier molecular flexibility index (Phi) is 4.90. The average Bonchev–Trinajstić information content (AvgIpc) is 2.56. The Bertz CT molecular complexity index is 363. The Hall–Kier alpha value is -0.0600. The molecule has 0 radical (unpaired) electrons. The summed E-state index contributed by atoms with van der Waals surface area (Å²) in [6.45, 7) is 15.2. The summed E-state index contributed by atoms with van der Waals surface area (Å²) in [5.41, 5.74) is 7.21. The summed E-state index contributed by atoms with van der Waals surface area (Å²) in [5, 5.41) is 1.84. The number of rotatable bonds is 4. The van der Waals surface area contributed by atoms with Gasteiger partial charge in [-0.15, -0.1) is 11.3 Å². The lowest BCUT2D eigenvalue weighted by Crippen LogP contribution is -2.31. The lowest BCUT2D eigenvalue weighted by atomic mass is 9.87. The molecule has 0 saturated carbocycles. The molecule has 0 aromatic carbocycles. The monoisotopic (exact) mass is 286 g/mol. The second-order valence-corrected chi connectivity index (χ2v) is 9.27. The number of hydrogen-bond donors (Lipinski definition) is 1. The van der Waals surface area contributed by atoms with Gasteiger partial charge in [0.05, 0.1) is 5.69 Å². The molecule has 0 aliphatic rings. The van der Waals surface area contributed by atoms with Gasteiger partial charge in [0.1, 0.15) is 5.01 Å². The van der Waals surface area contributed by atoms with E-state index >= 15 is 0 Å². The first-order chi connectivity index (χ1) is 8.01. The fraction of sp³-hybridized carbons (Fsp3) is 0.786. The zero-order valence-electron chi connectivity index (χ0n) is 12.6. The SMILES string of the molecule is CC(C)SCc1nc(C(C)(C)C)c(C(C)(C)N)s1. The second kappa shape index (κ2) is 5.51. The molecular weight excluding hydrogens is 260 g/mol. The topological polar surface area (TPSA) is 38.9 Å². The van der Waals surface area contributed by atoms with Gasteiger partial charge in [-0.3, -0.25) is 0 Å². The number of thiazole rings is 1. The van der Waals surface area contributed by atoms with Crippen molar-refractivity contribution in [2.45, 2.75) is 70.4 Å². The van der Waals surface area contributed by atoms with Crippen molar-refractivity contribution in [2.24, 2.45) is 5.73 Å². The minimum Gasteiger partial charge on any atom is -0.321 e. The van der Waals surface area contributed by atoms with Crippen LogP contribution >= 0.6 is 23.1 Å². The van der Waals surface area contributed by atoms with Gasteiger partial charge in [0.15, 0.2) is 0 Å². The Labute approximate surface area is 120 Å². The van der Waals surface area contributed by atoms with Crippen LogP contribution in [0.1, 0.15) is 64.0 Å². The maximum absolute atomic E-state index is 6.29. The van der Waals surface area contributed by atoms with Crippen molar-refractivity contribution in [3.05, 3.63) is 15.6 Å². The van der Waals surface area contributed by atoms with Crippen LogP contribution in [0.4, 0.5) is 0 Å². The molecule has 0 atom stereocenters. The third kappa shape index (κ3) is 4.25. The van der Waals surface area contributed by atoms with Gasteiger partial charge in [-0.05, 0) is 19.1 Å². The van der Waals surface area contributed by atoms with E-state index in [4.69, 9.17) is 10.7 Å². The van der Waals surface area contributed by atoms with Gasteiger partial charge in [-0.25, -0.2) is 4.98 Å². The van der Waals surface area contributed by atoms with Gasteiger partial charge in [0.2, 0.25) is 0 Å². The van der Waals surface area contributed by atoms with Gasteiger partial charge in [0, 0.05) is 21.6 Å². The first-order valence-electron chi connectivity index (χ1n) is 6.43. The standard InChI is InChI=1S/C14H26N2S2/c1-9(2)17-8-10-16-11(13(3,4)5)12(18-10)14(6,7)15/h9H,8,15H2,1-7H3. The van der Waals surface area contributed by atoms with E-state index in [1.54, 1.807) is 11.3 Å². The number of aromatic nitrogens is 1. The van der Waals surface area contributed by atoms with Gasteiger partial charge >= 0.3 is 0 Å². The maximum Gasteiger partial charge on any atom is 0.103 e. The molecule has 0 unspecified atom stereocenters. The molecule has 1 aromatic rings. The van der Waals surface area contributed by atoms with E-state index in [-0.39, 0.29) is 11.0 Å². The molecule has 0 aliphatic carbocycles. The lowest BCUT2D eigenvalue weighted by Gasteiger charge is -2.24. The van der Waals surface area contributed by atoms with Crippen molar-refractivity contribution >= 4 is 23.1 Å². The summed E-state index contributed by atoms with van der Waals surface area (Å²) in [7, 11) is 0. The smallest absolute Gasteiger partial charge is 0.103 e. The second-order valence-electron chi connectivity index (χ2n) is 6.62. The largest absolute Gasteiger partial charge is 0.321 e. The van der Waals surface area contributed by atoms with E-state index in [0.717, 1.165) is 5.75 Å². The van der Waals surface area contributed by atoms with Crippen LogP contribution in [0.25, 0.3) is 0 Å². The third-order valence-corrected chi connectivity index (χ3v) is 5.19. The van der Waals surface area contributed by atoms with E-state index in [9.17, 15) is 0 Å². The zero-order valence-corrected chi connectivity index (χ0v) is 14.3. The Balaban J connectivity index is 3.09. The predicted octanol–water partition coefficient (Wildman–Crippen LogP) is 4.28. The quantitative estimate of drug-likeness (QED) is 0.898. The van der Waals surface area contributed by atoms with Crippen LogP contribution in [-0.2, 0) is 16.7 Å². The van der Waals surface area contributed by atoms with Crippen LogP contribution in [0.3, 0.4) is 0 Å². The highest BCUT2D eigenvalue weighted by atomic mass is 32.2. The lowest BCUT2D eigenvalue weighted by molar-refractivity contribution is 0.511. The van der Waals surface area contributed by atoms with Gasteiger partial charge < -0.3 is 5.73 Å². The molecule has 1 aromatic heterocycles. The van der Waals surface area contributed by atoms with Crippen molar-refractivity contribution in [3.8, 4) is 0 Å². The molecule has 0 saturated heterocycles. The highest BCUT2D eigenvalue weighted by Crippen LogP contribution is 2.36. The van der Waals surface area contributed by atoms with E-state index in [0.29, 0.717) is 5.25 Å². The van der Waals surface area contributed by atoms with Gasteiger partial charge in [-0.2, -0.15) is 11.8 Å². The van der Waals surface area contributed by atoms with Crippen LogP contribution < -0.4 is 5.73 Å². The van der Waals surface area contributed by atoms with Crippen molar-refractivity contribution in [1.82, 2.24) is 4.98 Å². The molecule has 4 heteroatoms. The summed E-state index contributed by atoms with van der Waals surface area (Å²) in [6, 6.07) is 0. The zero-order chi connectivity index (χ0) is 14.1. The number of nitrogens with two attached hydrogens (primary N) is 1. The van der Waals surface area contributed by atoms with Crippen LogP contribution in [0.5, 0.6) is 0 Å². The van der Waals surface area contributed by atoms with Crippen LogP contribution in [0.15, 0.2) is 0 Å². The van der Waals surface area contributed by atoms with Crippen molar-refractivity contribution in [1.29, 1.82) is 0 Å². The molecule has 1 rings (SSSR count). The molecule has 0 spiro atoms. The summed E-state index contributed by atoms with van der Waals surface area (Å²) in [4.78, 5) is 6.07. The van der Waals surface area contributed by atoms with E-state index in [1.165, 1.54) is 15.6 Å². The van der Waals surface area contributed by atoms with E-state index in [1.807, 2.05) is 11.8 Å². The van der Waals surface area contributed by atoms with Gasteiger partial charge in [0.25, 0.3) is 0 Å². The highest BCUT2D eigenvalue weighted by molar-refractivity contribution is 7.99. The molecular formula is C14H26N2S2. The summed E-state index contributed by atoms with van der Waals surface area (Å²) >= 11 is 3.71. The third-order valence-electron chi connectivity index (χ3n) is 2.51. The molecule has 1 heterocycles. The molecule has 2 N–H and O–H groups in total. The fourth-order valence-electron chi connectivity index (χ4n) is 1.61. The molecule has 0 aliphatic heterocycles. The predicted molar refractivity (Wildman–Crippen MR) is 84.5 cm³/mol. The van der Waals surface area contributed by atoms with Crippen LogP contribution in [-0.4, -0.2) is 10.2 Å². The molecule has 104 valence electrons. The minimum absolute atomic E-state index is 0.0588. The number of hydrogen-bond acceptors (Lipinski definition) is 4. The highest BCUT2D eigenvalue weighted by Gasteiger charge is 2.29. The van der Waals surface area contributed by atoms with Crippen LogP contribution in [0.2, 0.25) is 0 Å².